The van der Waals surface area contributed by atoms with Gasteiger partial charge in [0, 0.05) is 12.8 Å². The number of tetrazole rings is 1. The normalized spacial score (nSPS) is 9.75. The smallest absolute Gasteiger partial charge is 0.159 e. The van der Waals surface area contributed by atoms with E-state index in [0.717, 1.165) is 25.1 Å². The fraction of sp³-hybridized carbons (Fsp3) is 0.667. The third-order valence-corrected chi connectivity index (χ3v) is 1.78. The second kappa shape index (κ2) is 4.76. The minimum atomic E-state index is 0.627. The van der Waals surface area contributed by atoms with Gasteiger partial charge in [-0.1, -0.05) is 0 Å². The lowest BCUT2D eigenvalue weighted by molar-refractivity contribution is 0.400. The summed E-state index contributed by atoms with van der Waals surface area (Å²) in [5, 5.41) is 13.9. The Bertz CT molecular complexity index is 236. The third-order valence-electron chi connectivity index (χ3n) is 1.41. The molecule has 66 valence electrons. The van der Waals surface area contributed by atoms with E-state index >= 15 is 0 Å². The molecule has 0 saturated carbocycles. The Labute approximate surface area is 75.5 Å². The Morgan fingerprint density at radius 2 is 2.50 bits per heavy atom. The highest BCUT2D eigenvalue weighted by molar-refractivity contribution is 7.80. The lowest BCUT2D eigenvalue weighted by Gasteiger charge is -1.98. The number of hydrogen-bond donors (Lipinski definition) is 1. The van der Waals surface area contributed by atoms with Crippen LogP contribution in [0.15, 0.2) is 0 Å². The first-order valence-corrected chi connectivity index (χ1v) is 4.03. The van der Waals surface area contributed by atoms with Gasteiger partial charge in [-0.2, -0.15) is 0 Å². The molecule has 1 N–H and O–H groups in total. The molecular weight excluding hydrogens is 176 g/mol. The summed E-state index contributed by atoms with van der Waals surface area (Å²) in [6.07, 6.45) is 2.48. The molecule has 0 saturated heterocycles. The van der Waals surface area contributed by atoms with Crippen LogP contribution in [0, 0.1) is 0 Å². The highest BCUT2D eigenvalue weighted by Crippen LogP contribution is 1.99. The van der Waals surface area contributed by atoms with E-state index in [0.29, 0.717) is 5.05 Å². The monoisotopic (exact) mass is 186 g/mol. The molecule has 1 heterocycles. The van der Waals surface area contributed by atoms with E-state index in [2.05, 4.69) is 20.6 Å². The number of methoxy groups -OCH3 is 1. The molecule has 1 aromatic heterocycles. The molecule has 0 unspecified atom stereocenters. The summed E-state index contributed by atoms with van der Waals surface area (Å²) in [6, 6.07) is 0. The number of thiocarbonyl (C=S) groups is 1. The van der Waals surface area contributed by atoms with Crippen molar-refractivity contribution in [2.75, 3.05) is 7.11 Å². The lowest BCUT2D eigenvalue weighted by atomic mass is 10.2. The zero-order valence-electron chi connectivity index (χ0n) is 6.78. The fourth-order valence-electron chi connectivity index (χ4n) is 0.787. The summed E-state index contributed by atoms with van der Waals surface area (Å²) < 4.78 is 4.84. The van der Waals surface area contributed by atoms with Gasteiger partial charge in [0.05, 0.1) is 7.11 Å². The van der Waals surface area contributed by atoms with Gasteiger partial charge in [-0.3, -0.25) is 0 Å². The molecule has 0 atom stereocenters. The van der Waals surface area contributed by atoms with E-state index in [-0.39, 0.29) is 0 Å². The molecule has 6 heteroatoms. The molecule has 1 aromatic rings. The average Bonchev–Trinajstić information content (AvgIpc) is 2.57. The molecule has 0 spiro atoms. The van der Waals surface area contributed by atoms with Crippen LogP contribution >= 0.6 is 12.2 Å². The first-order valence-electron chi connectivity index (χ1n) is 3.62. The van der Waals surface area contributed by atoms with Crippen molar-refractivity contribution in [3.05, 3.63) is 5.82 Å². The number of nitrogens with zero attached hydrogens (tertiary/aromatic N) is 3. The van der Waals surface area contributed by atoms with Crippen molar-refractivity contribution >= 4 is 17.3 Å². The molecule has 0 aromatic carbocycles. The van der Waals surface area contributed by atoms with Crippen LogP contribution in [0.4, 0.5) is 0 Å². The maximum atomic E-state index is 4.87. The number of aromatic amines is 1. The summed E-state index contributed by atoms with van der Waals surface area (Å²) in [5.74, 6) is 0.786. The molecule has 1 rings (SSSR count). The van der Waals surface area contributed by atoms with Crippen LogP contribution in [0.5, 0.6) is 0 Å². The molecule has 0 aliphatic heterocycles. The molecule has 0 amide bonds. The Hall–Kier alpha value is -1.04. The van der Waals surface area contributed by atoms with Crippen LogP contribution in [0.1, 0.15) is 18.7 Å². The number of hydrogen-bond acceptors (Lipinski definition) is 5. The molecule has 0 fully saturated rings. The van der Waals surface area contributed by atoms with Crippen LogP contribution < -0.4 is 0 Å². The summed E-state index contributed by atoms with van der Waals surface area (Å²) in [4.78, 5) is 0. The van der Waals surface area contributed by atoms with Gasteiger partial charge < -0.3 is 4.74 Å². The van der Waals surface area contributed by atoms with E-state index in [1.54, 1.807) is 7.11 Å². The largest absolute Gasteiger partial charge is 0.490 e. The maximum absolute atomic E-state index is 4.87. The number of nitrogens with one attached hydrogen (secondary N) is 1. The number of ether oxygens (including phenoxy) is 1. The van der Waals surface area contributed by atoms with Crippen molar-refractivity contribution < 1.29 is 4.74 Å². The molecular formula is C6H10N4OS. The topological polar surface area (TPSA) is 63.7 Å². The third kappa shape index (κ3) is 2.91. The van der Waals surface area contributed by atoms with E-state index < -0.39 is 0 Å². The lowest BCUT2D eigenvalue weighted by Crippen LogP contribution is -1.98. The molecule has 5 nitrogen and oxygen atoms in total. The number of H-pyrrole nitrogens is 1. The van der Waals surface area contributed by atoms with E-state index in [1.807, 2.05) is 0 Å². The molecule has 0 aliphatic carbocycles. The highest BCUT2D eigenvalue weighted by atomic mass is 32.1. The van der Waals surface area contributed by atoms with Gasteiger partial charge in [-0.25, -0.2) is 5.10 Å². The standard InChI is InChI=1S/C6H10N4OS/c1-11-6(12)4-2-3-5-7-9-10-8-5/h2-4H2,1H3,(H,7,8,9,10). The van der Waals surface area contributed by atoms with Crippen LogP contribution in [0.2, 0.25) is 0 Å². The summed E-state index contributed by atoms with van der Waals surface area (Å²) in [5.41, 5.74) is 0. The summed E-state index contributed by atoms with van der Waals surface area (Å²) in [7, 11) is 1.58. The maximum Gasteiger partial charge on any atom is 0.159 e. The average molecular weight is 186 g/mol. The predicted octanol–water partition coefficient (Wildman–Crippen LogP) is 0.496. The van der Waals surface area contributed by atoms with E-state index in [9.17, 15) is 0 Å². The zero-order chi connectivity index (χ0) is 8.81. The van der Waals surface area contributed by atoms with Gasteiger partial charge in [0.25, 0.3) is 0 Å². The Morgan fingerprint density at radius 1 is 1.67 bits per heavy atom. The van der Waals surface area contributed by atoms with Crippen LogP contribution in [-0.4, -0.2) is 32.8 Å². The first-order chi connectivity index (χ1) is 5.83. The van der Waals surface area contributed by atoms with Gasteiger partial charge in [0.2, 0.25) is 0 Å². The van der Waals surface area contributed by atoms with Crippen LogP contribution in [0.25, 0.3) is 0 Å². The SMILES string of the molecule is COC(=S)CCCc1nnn[nH]1. The number of rotatable bonds is 4. The second-order valence-electron chi connectivity index (χ2n) is 2.28. The zero-order valence-corrected chi connectivity index (χ0v) is 7.60. The summed E-state index contributed by atoms with van der Waals surface area (Å²) in [6.45, 7) is 0. The van der Waals surface area contributed by atoms with E-state index in [1.165, 1.54) is 0 Å². The Balaban J connectivity index is 2.15. The van der Waals surface area contributed by atoms with Crippen molar-refractivity contribution in [2.24, 2.45) is 0 Å². The van der Waals surface area contributed by atoms with Crippen LogP contribution in [-0.2, 0) is 11.2 Å². The number of aromatic nitrogens is 4. The highest BCUT2D eigenvalue weighted by Gasteiger charge is 1.99. The minimum Gasteiger partial charge on any atom is -0.490 e. The van der Waals surface area contributed by atoms with Crippen molar-refractivity contribution in [2.45, 2.75) is 19.3 Å². The quantitative estimate of drug-likeness (QED) is 0.693. The fourth-order valence-corrected chi connectivity index (χ4v) is 0.931. The molecule has 12 heavy (non-hydrogen) atoms. The minimum absolute atomic E-state index is 0.627. The molecule has 0 radical (unpaired) electrons. The summed E-state index contributed by atoms with van der Waals surface area (Å²) >= 11 is 4.87. The van der Waals surface area contributed by atoms with Gasteiger partial charge in [0.15, 0.2) is 5.05 Å². The van der Waals surface area contributed by atoms with Crippen molar-refractivity contribution in [1.82, 2.24) is 20.6 Å². The first kappa shape index (κ1) is 9.05. The molecule has 0 bridgehead atoms. The van der Waals surface area contributed by atoms with Gasteiger partial charge in [-0.15, -0.1) is 5.10 Å². The molecule has 0 aliphatic rings. The Kier molecular flexibility index (Phi) is 3.59. The Morgan fingerprint density at radius 3 is 3.08 bits per heavy atom. The van der Waals surface area contributed by atoms with Gasteiger partial charge in [-0.05, 0) is 29.1 Å². The predicted molar refractivity (Wildman–Crippen MR) is 46.7 cm³/mol. The second-order valence-corrected chi connectivity index (χ2v) is 2.73. The van der Waals surface area contributed by atoms with Crippen molar-refractivity contribution in [3.8, 4) is 0 Å². The van der Waals surface area contributed by atoms with Crippen molar-refractivity contribution in [3.63, 3.8) is 0 Å². The van der Waals surface area contributed by atoms with Crippen LogP contribution in [0.3, 0.4) is 0 Å². The van der Waals surface area contributed by atoms with Crippen molar-refractivity contribution in [1.29, 1.82) is 0 Å². The van der Waals surface area contributed by atoms with Gasteiger partial charge >= 0.3 is 0 Å². The number of aryl methyl sites for hydroxylation is 1. The van der Waals surface area contributed by atoms with Gasteiger partial charge in [0.1, 0.15) is 5.82 Å². The van der Waals surface area contributed by atoms with E-state index in [4.69, 9.17) is 17.0 Å².